The molecule has 0 amide bonds. The first-order valence-electron chi connectivity index (χ1n) is 6.23. The van der Waals surface area contributed by atoms with Crippen LogP contribution >= 0.6 is 27.5 Å². The summed E-state index contributed by atoms with van der Waals surface area (Å²) in [6.07, 6.45) is 2.01. The smallest absolute Gasteiger partial charge is 0.0623 e. The van der Waals surface area contributed by atoms with E-state index in [0.29, 0.717) is 11.8 Å². The molecule has 0 spiro atoms. The van der Waals surface area contributed by atoms with Crippen LogP contribution in [0.3, 0.4) is 0 Å². The minimum atomic E-state index is -0.659. The molecule has 0 fully saturated rings. The Hall–Kier alpha value is 0.813. The Kier molecular flexibility index (Phi) is 19.6. The number of halogens is 2. The van der Waals surface area contributed by atoms with E-state index < -0.39 is 8.15 Å². The van der Waals surface area contributed by atoms with Gasteiger partial charge in [0.1, 0.15) is 0 Å². The Morgan fingerprint density at radius 3 is 1.21 bits per heavy atom. The Labute approximate surface area is 135 Å². The van der Waals surface area contributed by atoms with Crippen LogP contribution in [0.25, 0.3) is 0 Å². The average molecular weight is 412 g/mol. The molecule has 0 bridgehead atoms. The van der Waals surface area contributed by atoms with Crippen LogP contribution in [0.4, 0.5) is 0 Å². The van der Waals surface area contributed by atoms with E-state index in [0.717, 1.165) is 12.3 Å². The zero-order valence-electron chi connectivity index (χ0n) is 12.0. The van der Waals surface area contributed by atoms with E-state index in [1.165, 1.54) is 0 Å². The van der Waals surface area contributed by atoms with Crippen molar-refractivity contribution in [2.75, 3.05) is 12.3 Å². The molecule has 1 nitrogen and oxygen atoms in total. The molecule has 19 heavy (non-hydrogen) atoms. The van der Waals surface area contributed by atoms with Crippen molar-refractivity contribution < 1.29 is 20.0 Å². The molecule has 0 unspecified atom stereocenters. The van der Waals surface area contributed by atoms with Crippen molar-refractivity contribution in [3.63, 3.8) is 0 Å². The molecule has 0 atom stereocenters. The molecule has 0 radical (unpaired) electrons. The molecule has 0 saturated carbocycles. The molecule has 1 aromatic carbocycles. The van der Waals surface area contributed by atoms with Gasteiger partial charge in [-0.1, -0.05) is 64.1 Å². The Morgan fingerprint density at radius 2 is 1.05 bits per heavy atom. The average Bonchev–Trinajstić information content (AvgIpc) is 2.30. The van der Waals surface area contributed by atoms with E-state index in [2.05, 4.69) is 27.7 Å². The van der Waals surface area contributed by atoms with E-state index in [1.54, 1.807) is 0 Å². The van der Waals surface area contributed by atoms with Gasteiger partial charge in [0.2, 0.25) is 0 Å². The third-order valence-corrected chi connectivity index (χ3v) is 4.12. The number of hydrogen-bond acceptors (Lipinski definition) is 1. The van der Waals surface area contributed by atoms with E-state index >= 15 is 0 Å². The molecule has 1 rings (SSSR count). The summed E-state index contributed by atoms with van der Waals surface area (Å²) in [6.45, 7) is 8.63. The predicted molar refractivity (Wildman–Crippen MR) is 86.7 cm³/mol. The van der Waals surface area contributed by atoms with Crippen molar-refractivity contribution in [2.45, 2.75) is 27.7 Å². The van der Waals surface area contributed by atoms with Crippen molar-refractivity contribution in [3.05, 3.63) is 36.4 Å². The second-order valence-corrected chi connectivity index (χ2v) is 9.25. The van der Waals surface area contributed by atoms with Crippen LogP contribution in [0.15, 0.2) is 36.4 Å². The first-order valence-corrected chi connectivity index (χ1v) is 12.4. The predicted octanol–water partition coefficient (Wildman–Crippen LogP) is 5.75. The molecule has 0 aliphatic carbocycles. The minimum Gasteiger partial charge on any atom is -0.0623 e. The molecule has 0 heterocycles. The first-order chi connectivity index (χ1) is 8.93. The summed E-state index contributed by atoms with van der Waals surface area (Å²) in [5.41, 5.74) is 0. The molecule has 0 aromatic heterocycles. The van der Waals surface area contributed by atoms with Gasteiger partial charge in [0.15, 0.2) is 0 Å². The maximum Gasteiger partial charge on any atom is -0.0623 e. The monoisotopic (exact) mass is 412 g/mol. The summed E-state index contributed by atoms with van der Waals surface area (Å²) in [4.78, 5) is 9.45. The quantitative estimate of drug-likeness (QED) is 0.493. The van der Waals surface area contributed by atoms with Crippen LogP contribution in [0, 0.1) is 11.8 Å². The summed E-state index contributed by atoms with van der Waals surface area (Å²) in [5.74, 6) is 1.30. The van der Waals surface area contributed by atoms with Gasteiger partial charge in [0, 0.05) is 8.15 Å². The molecule has 0 aliphatic heterocycles. The van der Waals surface area contributed by atoms with Gasteiger partial charge in [-0.25, -0.2) is 0 Å². The van der Waals surface area contributed by atoms with Gasteiger partial charge >= 0.3 is 34.5 Å². The Morgan fingerprint density at radius 1 is 0.842 bits per heavy atom. The van der Waals surface area contributed by atoms with Gasteiger partial charge in [0.05, 0.1) is 0 Å². The van der Waals surface area contributed by atoms with Crippen LogP contribution in [-0.2, 0) is 15.1 Å². The standard InChI is InChI=1S/C8H19OP.C6H6.2ClH.Ru/c1-7(2)5-10(9)6-8(3)4;1-2-4-6-5-3-1;;;/h7-9H,5-6H2,1-4H3;1-6H;2*1H;/q;;;;+2/p-2. The van der Waals surface area contributed by atoms with E-state index in [1.807, 2.05) is 36.4 Å². The molecule has 1 aromatic rings. The second kappa shape index (κ2) is 16.9. The van der Waals surface area contributed by atoms with Gasteiger partial charge in [-0.3, -0.25) is 0 Å². The molecular weight excluding hydrogens is 387 g/mol. The van der Waals surface area contributed by atoms with Crippen molar-refractivity contribution in [1.29, 1.82) is 0 Å². The number of benzene rings is 1. The van der Waals surface area contributed by atoms with Crippen molar-refractivity contribution >= 4 is 27.5 Å². The van der Waals surface area contributed by atoms with Gasteiger partial charge in [0.25, 0.3) is 0 Å². The minimum absolute atomic E-state index is 0.346. The molecular formula is C14H25Cl2OPRu. The van der Waals surface area contributed by atoms with Crippen molar-refractivity contribution in [2.24, 2.45) is 11.8 Å². The normalized spacial score (nSPS) is 10.0. The fraction of sp³-hybridized carbons (Fsp3) is 0.571. The topological polar surface area (TPSA) is 20.2 Å². The largest absolute Gasteiger partial charge is 0.0623 e. The SMILES string of the molecule is CC(C)CP(O)CC(C)C.[Cl][Ru][Cl].c1ccccc1. The van der Waals surface area contributed by atoms with Crippen molar-refractivity contribution in [3.8, 4) is 0 Å². The summed E-state index contributed by atoms with van der Waals surface area (Å²) in [5, 5.41) is 0. The van der Waals surface area contributed by atoms with Crippen LogP contribution < -0.4 is 0 Å². The fourth-order valence-electron chi connectivity index (χ4n) is 1.30. The maximum atomic E-state index is 9.45. The third-order valence-electron chi connectivity index (χ3n) is 1.82. The molecule has 0 aliphatic rings. The van der Waals surface area contributed by atoms with Gasteiger partial charge in [-0.05, 0) is 24.2 Å². The first kappa shape index (κ1) is 22.1. The maximum absolute atomic E-state index is 9.45. The summed E-state index contributed by atoms with van der Waals surface area (Å²) in [7, 11) is 9.05. The Bertz CT molecular complexity index is 224. The van der Waals surface area contributed by atoms with Crippen LogP contribution in [0.5, 0.6) is 0 Å². The Balaban J connectivity index is 0. The molecule has 0 saturated heterocycles. The zero-order valence-corrected chi connectivity index (χ0v) is 16.2. The van der Waals surface area contributed by atoms with Gasteiger partial charge in [-0.2, -0.15) is 0 Å². The number of hydrogen-bond donors (Lipinski definition) is 1. The number of rotatable bonds is 4. The third kappa shape index (κ3) is 24.2. The van der Waals surface area contributed by atoms with Crippen LogP contribution in [0.2, 0.25) is 0 Å². The summed E-state index contributed by atoms with van der Waals surface area (Å²) >= 11 is -0.346. The van der Waals surface area contributed by atoms with E-state index in [4.69, 9.17) is 19.4 Å². The molecule has 5 heteroatoms. The second-order valence-electron chi connectivity index (χ2n) is 4.86. The zero-order chi connectivity index (χ0) is 15.1. The van der Waals surface area contributed by atoms with E-state index in [9.17, 15) is 4.89 Å². The van der Waals surface area contributed by atoms with Crippen molar-refractivity contribution in [1.82, 2.24) is 0 Å². The molecule has 1 N–H and O–H groups in total. The van der Waals surface area contributed by atoms with Crippen LogP contribution in [0.1, 0.15) is 27.7 Å². The van der Waals surface area contributed by atoms with Gasteiger partial charge < -0.3 is 4.89 Å². The fourth-order valence-corrected chi connectivity index (χ4v) is 3.14. The van der Waals surface area contributed by atoms with E-state index in [-0.39, 0.29) is 15.1 Å². The summed E-state index contributed by atoms with van der Waals surface area (Å²) in [6, 6.07) is 12.0. The van der Waals surface area contributed by atoms with Gasteiger partial charge in [-0.15, -0.1) is 0 Å². The summed E-state index contributed by atoms with van der Waals surface area (Å²) < 4.78 is 0. The van der Waals surface area contributed by atoms with Crippen LogP contribution in [-0.4, -0.2) is 17.2 Å². The molecule has 114 valence electrons.